The molecule has 6 nitrogen and oxygen atoms in total. The van der Waals surface area contributed by atoms with E-state index < -0.39 is 18.2 Å². The van der Waals surface area contributed by atoms with Crippen LogP contribution in [0, 0.1) is 0 Å². The van der Waals surface area contributed by atoms with Gasteiger partial charge in [0.15, 0.2) is 5.16 Å². The summed E-state index contributed by atoms with van der Waals surface area (Å²) in [4.78, 5) is 8.15. The summed E-state index contributed by atoms with van der Waals surface area (Å²) in [5.74, 6) is 0. The van der Waals surface area contributed by atoms with Crippen LogP contribution in [0.2, 0.25) is 0 Å². The summed E-state index contributed by atoms with van der Waals surface area (Å²) in [6.45, 7) is 0.262. The van der Waals surface area contributed by atoms with Crippen molar-refractivity contribution in [1.82, 2.24) is 9.97 Å². The lowest BCUT2D eigenvalue weighted by atomic mass is 10.0. The van der Waals surface area contributed by atoms with Crippen LogP contribution in [0.15, 0.2) is 58.8 Å². The lowest BCUT2D eigenvalue weighted by Gasteiger charge is -2.26. The van der Waals surface area contributed by atoms with Gasteiger partial charge in [0.1, 0.15) is 11.4 Å². The molecule has 2 aliphatic heterocycles. The van der Waals surface area contributed by atoms with Crippen molar-refractivity contribution < 1.29 is 27.9 Å². The zero-order valence-corrected chi connectivity index (χ0v) is 16.7. The molecule has 0 aliphatic carbocycles. The van der Waals surface area contributed by atoms with Crippen molar-refractivity contribution in [3.05, 3.63) is 54.2 Å². The molecule has 2 saturated heterocycles. The number of oxime groups is 1. The molecule has 3 aromatic rings. The van der Waals surface area contributed by atoms with Crippen molar-refractivity contribution in [1.29, 1.82) is 0 Å². The van der Waals surface area contributed by atoms with Gasteiger partial charge in [-0.3, -0.25) is 0 Å². The van der Waals surface area contributed by atoms with E-state index in [1.54, 1.807) is 6.07 Å². The molecule has 3 unspecified atom stereocenters. The number of hydrogen-bond acceptors (Lipinski definition) is 7. The molecule has 2 fully saturated rings. The van der Waals surface area contributed by atoms with Gasteiger partial charge in [-0.25, -0.2) is 9.97 Å². The average molecular weight is 447 g/mol. The summed E-state index contributed by atoms with van der Waals surface area (Å²) in [6.07, 6.45) is -5.36. The maximum absolute atomic E-state index is 13.6. The Morgan fingerprint density at radius 1 is 1.06 bits per heavy atom. The number of ether oxygens (including phenoxy) is 2. The third kappa shape index (κ3) is 3.98. The molecule has 160 valence electrons. The highest BCUT2D eigenvalue weighted by molar-refractivity contribution is 7.99. The molecule has 0 amide bonds. The van der Waals surface area contributed by atoms with Gasteiger partial charge in [-0.1, -0.05) is 53.3 Å². The smallest absolute Gasteiger partial charge is 0.411 e. The second-order valence-electron chi connectivity index (χ2n) is 7.27. The lowest BCUT2D eigenvalue weighted by molar-refractivity contribution is -0.141. The van der Waals surface area contributed by atoms with Gasteiger partial charge in [0, 0.05) is 17.2 Å². The average Bonchev–Trinajstić information content (AvgIpc) is 3.19. The first-order valence-electron chi connectivity index (χ1n) is 9.51. The number of hydrogen-bond donors (Lipinski definition) is 1. The van der Waals surface area contributed by atoms with Crippen LogP contribution in [-0.4, -0.2) is 45.1 Å². The van der Waals surface area contributed by atoms with Crippen molar-refractivity contribution in [2.45, 2.75) is 35.4 Å². The van der Waals surface area contributed by atoms with Crippen LogP contribution in [0.25, 0.3) is 22.0 Å². The number of nitrogens with zero attached hydrogens (tertiary/aromatic N) is 3. The Kier molecular flexibility index (Phi) is 5.07. The molecule has 1 aromatic heterocycles. The number of fused-ring (bicyclic) bond motifs is 3. The topological polar surface area (TPSA) is 76.8 Å². The van der Waals surface area contributed by atoms with Gasteiger partial charge in [-0.2, -0.15) is 13.2 Å². The quantitative estimate of drug-likeness (QED) is 0.355. The fraction of sp³-hybridized carbons (Fsp3) is 0.286. The second-order valence-corrected chi connectivity index (χ2v) is 8.48. The molecule has 1 N–H and O–H groups in total. The Hall–Kier alpha value is -2.69. The highest BCUT2D eigenvalue weighted by atomic mass is 32.2. The molecule has 2 aromatic carbocycles. The van der Waals surface area contributed by atoms with Crippen LogP contribution in [0.3, 0.4) is 0 Å². The van der Waals surface area contributed by atoms with Crippen LogP contribution in [0.5, 0.6) is 0 Å². The predicted molar refractivity (Wildman–Crippen MR) is 108 cm³/mol. The van der Waals surface area contributed by atoms with Crippen molar-refractivity contribution >= 4 is 28.2 Å². The van der Waals surface area contributed by atoms with Gasteiger partial charge in [0.25, 0.3) is 0 Å². The van der Waals surface area contributed by atoms with E-state index in [0.29, 0.717) is 17.7 Å². The summed E-state index contributed by atoms with van der Waals surface area (Å²) >= 11 is 1.07. The van der Waals surface area contributed by atoms with Crippen LogP contribution in [-0.2, 0) is 15.7 Å². The molecule has 10 heteroatoms. The molecule has 31 heavy (non-hydrogen) atoms. The number of rotatable bonds is 3. The molecule has 0 radical (unpaired) electrons. The third-order valence-corrected chi connectivity index (χ3v) is 6.40. The van der Waals surface area contributed by atoms with E-state index in [9.17, 15) is 13.2 Å². The fourth-order valence-electron chi connectivity index (χ4n) is 3.68. The first kappa shape index (κ1) is 20.2. The van der Waals surface area contributed by atoms with Crippen molar-refractivity contribution in [3.8, 4) is 11.3 Å². The molecular weight excluding hydrogens is 431 g/mol. The first-order valence-corrected chi connectivity index (χ1v) is 10.4. The van der Waals surface area contributed by atoms with Gasteiger partial charge >= 0.3 is 6.18 Å². The highest BCUT2D eigenvalue weighted by Gasteiger charge is 2.43. The summed E-state index contributed by atoms with van der Waals surface area (Å²) in [7, 11) is 0. The third-order valence-electron chi connectivity index (χ3n) is 5.23. The van der Waals surface area contributed by atoms with Gasteiger partial charge in [0.2, 0.25) is 6.29 Å². The molecule has 2 bridgehead atoms. The van der Waals surface area contributed by atoms with E-state index in [4.69, 9.17) is 14.7 Å². The number of halogens is 3. The maximum atomic E-state index is 13.6. The highest BCUT2D eigenvalue weighted by Crippen LogP contribution is 2.38. The minimum atomic E-state index is -4.62. The van der Waals surface area contributed by atoms with Gasteiger partial charge < -0.3 is 14.7 Å². The van der Waals surface area contributed by atoms with Gasteiger partial charge in [-0.05, 0) is 22.9 Å². The van der Waals surface area contributed by atoms with E-state index in [0.717, 1.165) is 28.6 Å². The monoisotopic (exact) mass is 447 g/mol. The minimum absolute atomic E-state index is 0.0192. The molecular formula is C21H16F3N3O3S. The number of thioether (sulfide) groups is 1. The Labute approximate surface area is 179 Å². The van der Waals surface area contributed by atoms with Crippen LogP contribution < -0.4 is 0 Å². The van der Waals surface area contributed by atoms with Crippen molar-refractivity contribution in [2.24, 2.45) is 5.16 Å². The molecule has 0 spiro atoms. The van der Waals surface area contributed by atoms with Gasteiger partial charge in [-0.15, -0.1) is 0 Å². The maximum Gasteiger partial charge on any atom is 0.433 e. The zero-order valence-electron chi connectivity index (χ0n) is 15.9. The SMILES string of the molecule is ON=C1CC(Sc2nc(-c3ccc4ccccc4c3)cc(C(F)(F)F)n2)C2COC1O2. The summed E-state index contributed by atoms with van der Waals surface area (Å²) < 4.78 is 51.7. The lowest BCUT2D eigenvalue weighted by Crippen LogP contribution is -2.37. The number of benzene rings is 2. The molecule has 3 heterocycles. The largest absolute Gasteiger partial charge is 0.433 e. The molecule has 5 rings (SSSR count). The predicted octanol–water partition coefficient (Wildman–Crippen LogP) is 4.75. The van der Waals surface area contributed by atoms with Crippen molar-refractivity contribution in [3.63, 3.8) is 0 Å². The zero-order chi connectivity index (χ0) is 21.6. The Bertz CT molecular complexity index is 1170. The fourth-order valence-corrected chi connectivity index (χ4v) is 4.81. The number of aromatic nitrogens is 2. The van der Waals surface area contributed by atoms with Crippen LogP contribution in [0.4, 0.5) is 13.2 Å². The van der Waals surface area contributed by atoms with Crippen LogP contribution in [0.1, 0.15) is 12.1 Å². The second kappa shape index (κ2) is 7.77. The van der Waals surface area contributed by atoms with Gasteiger partial charge in [0.05, 0.1) is 18.4 Å². The van der Waals surface area contributed by atoms with Crippen molar-refractivity contribution in [2.75, 3.05) is 6.61 Å². The minimum Gasteiger partial charge on any atom is -0.411 e. The van der Waals surface area contributed by atoms with E-state index in [2.05, 4.69) is 15.1 Å². The Morgan fingerprint density at radius 3 is 2.65 bits per heavy atom. The summed E-state index contributed by atoms with van der Waals surface area (Å²) in [6, 6.07) is 14.0. The first-order chi connectivity index (χ1) is 14.9. The van der Waals surface area contributed by atoms with E-state index >= 15 is 0 Å². The van der Waals surface area contributed by atoms with E-state index in [1.807, 2.05) is 36.4 Å². The summed E-state index contributed by atoms with van der Waals surface area (Å²) in [5.41, 5.74) is 0.0357. The molecule has 0 saturated carbocycles. The molecule has 2 aliphatic rings. The molecule has 3 atom stereocenters. The Balaban J connectivity index is 1.53. The summed E-state index contributed by atoms with van der Waals surface area (Å²) in [5, 5.41) is 13.9. The standard InChI is InChI=1S/C21H16F3N3O3S/c22-21(23,24)18-9-14(13-6-5-11-3-1-2-4-12(11)7-13)25-20(26-18)31-17-8-15(27-28)19-29-10-16(17)30-19/h1-7,9,16-17,19,28H,8,10H2. The number of alkyl halides is 3. The Morgan fingerprint density at radius 2 is 1.87 bits per heavy atom. The van der Waals surface area contributed by atoms with Crippen LogP contribution >= 0.6 is 11.8 Å². The van der Waals surface area contributed by atoms with E-state index in [-0.39, 0.29) is 28.8 Å². The normalized spacial score (nSPS) is 24.7. The van der Waals surface area contributed by atoms with E-state index in [1.165, 1.54) is 0 Å².